The number of alkyl halides is 3. The number of anilines is 1. The molecule has 29 heavy (non-hydrogen) atoms. The van der Waals surface area contributed by atoms with Gasteiger partial charge in [0.25, 0.3) is 0 Å². The lowest BCUT2D eigenvalue weighted by molar-refractivity contribution is -0.0918. The minimum Gasteiger partial charge on any atom is -0.454 e. The van der Waals surface area contributed by atoms with Crippen molar-refractivity contribution in [1.29, 1.82) is 10.8 Å². The standard InChI is InChI=1S/C19H14F3N5O2/c20-19(21,22)18(26)11(6-24)17-9-4-15-14(28-7-29-15)3-8(9)16-10(5-23)12(25)1-2-13(16)27-17/h1-6,23-24H,7,25-26H2. The van der Waals surface area contributed by atoms with Crippen molar-refractivity contribution in [3.63, 3.8) is 0 Å². The first-order chi connectivity index (χ1) is 13.8. The number of pyridine rings is 1. The lowest BCUT2D eigenvalue weighted by Crippen LogP contribution is -2.22. The summed E-state index contributed by atoms with van der Waals surface area (Å²) >= 11 is 0. The first-order valence-electron chi connectivity index (χ1n) is 8.30. The summed E-state index contributed by atoms with van der Waals surface area (Å²) in [6, 6.07) is 6.14. The van der Waals surface area contributed by atoms with Crippen LogP contribution in [0.25, 0.3) is 27.2 Å². The Hall–Kier alpha value is -3.82. The fraction of sp³-hybridized carbons (Fsp3) is 0.105. The van der Waals surface area contributed by atoms with Gasteiger partial charge in [0.1, 0.15) is 5.70 Å². The van der Waals surface area contributed by atoms with E-state index in [1.165, 1.54) is 18.2 Å². The number of nitrogens with zero attached hydrogens (tertiary/aromatic N) is 1. The quantitative estimate of drug-likeness (QED) is 0.303. The molecule has 4 rings (SSSR count). The SMILES string of the molecule is N=CC(=C(N)C(F)(F)F)c1nc2ccc(N)c(C=N)c2c2cc3c(cc12)OCO3. The first kappa shape index (κ1) is 18.5. The van der Waals surface area contributed by atoms with E-state index in [-0.39, 0.29) is 17.9 Å². The van der Waals surface area contributed by atoms with Gasteiger partial charge in [-0.3, -0.25) is 0 Å². The van der Waals surface area contributed by atoms with E-state index in [9.17, 15) is 13.2 Å². The zero-order valence-electron chi connectivity index (χ0n) is 14.7. The molecule has 2 heterocycles. The van der Waals surface area contributed by atoms with Gasteiger partial charge in [0, 0.05) is 40.0 Å². The molecule has 0 aliphatic carbocycles. The van der Waals surface area contributed by atoms with Crippen LogP contribution in [0.5, 0.6) is 11.5 Å². The molecule has 0 unspecified atom stereocenters. The second-order valence-corrected chi connectivity index (χ2v) is 6.29. The lowest BCUT2D eigenvalue weighted by atomic mass is 9.95. The van der Waals surface area contributed by atoms with Crippen LogP contribution in [0, 0.1) is 10.8 Å². The van der Waals surface area contributed by atoms with E-state index >= 15 is 0 Å². The van der Waals surface area contributed by atoms with E-state index < -0.39 is 17.4 Å². The molecule has 148 valence electrons. The smallest absolute Gasteiger partial charge is 0.431 e. The van der Waals surface area contributed by atoms with Crippen molar-refractivity contribution in [3.8, 4) is 11.5 Å². The Kier molecular flexibility index (Phi) is 4.07. The number of nitrogens with two attached hydrogens (primary N) is 2. The van der Waals surface area contributed by atoms with Crippen LogP contribution in [0.15, 0.2) is 30.0 Å². The molecule has 0 spiro atoms. The monoisotopic (exact) mass is 401 g/mol. The minimum atomic E-state index is -4.84. The average molecular weight is 401 g/mol. The van der Waals surface area contributed by atoms with Gasteiger partial charge in [-0.15, -0.1) is 0 Å². The number of halogens is 3. The van der Waals surface area contributed by atoms with Gasteiger partial charge >= 0.3 is 6.18 Å². The van der Waals surface area contributed by atoms with Gasteiger partial charge in [-0.1, -0.05) is 0 Å². The summed E-state index contributed by atoms with van der Waals surface area (Å²) < 4.78 is 50.6. The fourth-order valence-electron chi connectivity index (χ4n) is 3.31. The molecule has 10 heteroatoms. The molecule has 3 aromatic rings. The zero-order chi connectivity index (χ0) is 20.9. The van der Waals surface area contributed by atoms with E-state index in [0.717, 1.165) is 6.21 Å². The van der Waals surface area contributed by atoms with E-state index in [1.54, 1.807) is 6.07 Å². The third-order valence-corrected chi connectivity index (χ3v) is 4.67. The van der Waals surface area contributed by atoms with Gasteiger partial charge in [0.05, 0.1) is 11.2 Å². The van der Waals surface area contributed by atoms with Crippen molar-refractivity contribution in [2.24, 2.45) is 5.73 Å². The largest absolute Gasteiger partial charge is 0.454 e. The molecule has 1 aliphatic heterocycles. The minimum absolute atomic E-state index is 0.0378. The maximum atomic E-state index is 13.3. The molecule has 0 fully saturated rings. The molecule has 7 nitrogen and oxygen atoms in total. The lowest BCUT2D eigenvalue weighted by Gasteiger charge is -2.16. The van der Waals surface area contributed by atoms with Crippen molar-refractivity contribution in [2.75, 3.05) is 12.5 Å². The molecule has 6 N–H and O–H groups in total. The highest BCUT2D eigenvalue weighted by atomic mass is 19.4. The summed E-state index contributed by atoms with van der Waals surface area (Å²) in [5, 5.41) is 16.5. The number of hydrogen-bond donors (Lipinski definition) is 4. The molecule has 0 bridgehead atoms. The third kappa shape index (κ3) is 2.80. The number of fused-ring (bicyclic) bond motifs is 4. The van der Waals surface area contributed by atoms with Gasteiger partial charge < -0.3 is 31.8 Å². The van der Waals surface area contributed by atoms with Crippen LogP contribution in [-0.2, 0) is 0 Å². The number of nitrogens with one attached hydrogen (secondary N) is 2. The Morgan fingerprint density at radius 3 is 2.34 bits per heavy atom. The number of hydrogen-bond acceptors (Lipinski definition) is 7. The normalized spacial score (nSPS) is 14.2. The van der Waals surface area contributed by atoms with E-state index in [2.05, 4.69) is 4.98 Å². The summed E-state index contributed by atoms with van der Waals surface area (Å²) in [7, 11) is 0. The van der Waals surface area contributed by atoms with Crippen molar-refractivity contribution >= 4 is 45.4 Å². The summed E-state index contributed by atoms with van der Waals surface area (Å²) in [4.78, 5) is 4.34. The Labute approximate surface area is 161 Å². The predicted molar refractivity (Wildman–Crippen MR) is 104 cm³/mol. The van der Waals surface area contributed by atoms with Crippen LogP contribution in [0.3, 0.4) is 0 Å². The summed E-state index contributed by atoms with van der Waals surface area (Å²) in [6.45, 7) is -0.0378. The van der Waals surface area contributed by atoms with Crippen molar-refractivity contribution in [2.45, 2.75) is 6.18 Å². The number of benzene rings is 2. The zero-order valence-corrected chi connectivity index (χ0v) is 14.7. The van der Waals surface area contributed by atoms with Gasteiger partial charge in [0.15, 0.2) is 11.5 Å². The summed E-state index contributed by atoms with van der Waals surface area (Å²) in [5.41, 5.74) is 10.2. The number of ether oxygens (including phenoxy) is 2. The Bertz CT molecular complexity index is 1230. The first-order valence-corrected chi connectivity index (χ1v) is 8.30. The Morgan fingerprint density at radius 1 is 1.10 bits per heavy atom. The average Bonchev–Trinajstić information content (AvgIpc) is 3.14. The van der Waals surface area contributed by atoms with Gasteiger partial charge in [-0.2, -0.15) is 13.2 Å². The van der Waals surface area contributed by atoms with Crippen molar-refractivity contribution in [1.82, 2.24) is 4.98 Å². The molecule has 0 saturated carbocycles. The van der Waals surface area contributed by atoms with Crippen LogP contribution in [0.4, 0.5) is 18.9 Å². The van der Waals surface area contributed by atoms with E-state index in [1.807, 2.05) is 0 Å². The van der Waals surface area contributed by atoms with Crippen LogP contribution in [0.1, 0.15) is 11.3 Å². The predicted octanol–water partition coefficient (Wildman–Crippen LogP) is 3.58. The van der Waals surface area contributed by atoms with Crippen LogP contribution in [-0.4, -0.2) is 30.4 Å². The fourth-order valence-corrected chi connectivity index (χ4v) is 3.31. The highest BCUT2D eigenvalue weighted by Gasteiger charge is 2.35. The second-order valence-electron chi connectivity index (χ2n) is 6.29. The molecule has 0 radical (unpaired) electrons. The molecule has 0 atom stereocenters. The van der Waals surface area contributed by atoms with Crippen LogP contribution < -0.4 is 20.9 Å². The number of aromatic nitrogens is 1. The molecule has 2 aromatic carbocycles. The van der Waals surface area contributed by atoms with Gasteiger partial charge in [0.2, 0.25) is 6.79 Å². The van der Waals surface area contributed by atoms with E-state index in [4.69, 9.17) is 31.8 Å². The molecule has 0 amide bonds. The number of allylic oxidation sites excluding steroid dienone is 2. The Morgan fingerprint density at radius 2 is 1.76 bits per heavy atom. The maximum Gasteiger partial charge on any atom is 0.431 e. The molecular formula is C19H14F3N5O2. The highest BCUT2D eigenvalue weighted by Crippen LogP contribution is 2.42. The van der Waals surface area contributed by atoms with Crippen molar-refractivity contribution in [3.05, 3.63) is 41.2 Å². The van der Waals surface area contributed by atoms with Crippen molar-refractivity contribution < 1.29 is 22.6 Å². The van der Waals surface area contributed by atoms with E-state index in [0.29, 0.717) is 45.3 Å². The molecule has 1 aromatic heterocycles. The highest BCUT2D eigenvalue weighted by molar-refractivity contribution is 6.21. The van der Waals surface area contributed by atoms with Crippen LogP contribution in [0.2, 0.25) is 0 Å². The molecular weight excluding hydrogens is 387 g/mol. The molecule has 1 aliphatic rings. The third-order valence-electron chi connectivity index (χ3n) is 4.67. The maximum absolute atomic E-state index is 13.3. The van der Waals surface area contributed by atoms with Gasteiger partial charge in [-0.25, -0.2) is 4.98 Å². The van der Waals surface area contributed by atoms with Crippen LogP contribution >= 0.6 is 0 Å². The molecule has 0 saturated heterocycles. The topological polar surface area (TPSA) is 131 Å². The second kappa shape index (κ2) is 6.36. The number of nitrogen functional groups attached to an aromatic ring is 1. The summed E-state index contributed by atoms with van der Waals surface area (Å²) in [5.74, 6) is 0.730. The summed E-state index contributed by atoms with van der Waals surface area (Å²) in [6.07, 6.45) is -3.26. The van der Waals surface area contributed by atoms with Gasteiger partial charge in [-0.05, 0) is 29.7 Å². The Balaban J connectivity index is 2.23. The number of rotatable bonds is 3.